The van der Waals surface area contributed by atoms with E-state index in [2.05, 4.69) is 34.6 Å². The Kier molecular flexibility index (Phi) is 4.77. The fraction of sp³-hybridized carbons (Fsp3) is 0.714. The van der Waals surface area contributed by atoms with Gasteiger partial charge in [0.1, 0.15) is 17.5 Å². The zero-order valence-electron chi connectivity index (χ0n) is 12.6. The number of hydrogen-bond acceptors (Lipinski definition) is 6. The molecule has 112 valence electrons. The van der Waals surface area contributed by atoms with E-state index >= 15 is 0 Å². The van der Waals surface area contributed by atoms with Crippen molar-refractivity contribution < 1.29 is 4.74 Å². The molecule has 2 rings (SSSR count). The van der Waals surface area contributed by atoms with Gasteiger partial charge in [0, 0.05) is 25.1 Å². The molecule has 1 aromatic rings. The zero-order chi connectivity index (χ0) is 14.6. The van der Waals surface area contributed by atoms with Gasteiger partial charge < -0.3 is 15.5 Å². The first-order valence-electron chi connectivity index (χ1n) is 7.30. The summed E-state index contributed by atoms with van der Waals surface area (Å²) >= 11 is 0. The number of hydrazine groups is 1. The van der Waals surface area contributed by atoms with E-state index in [9.17, 15) is 0 Å². The first-order valence-corrected chi connectivity index (χ1v) is 7.30. The highest BCUT2D eigenvalue weighted by Gasteiger charge is 2.29. The molecule has 0 radical (unpaired) electrons. The number of aromatic nitrogens is 2. The van der Waals surface area contributed by atoms with E-state index in [-0.39, 0.29) is 5.60 Å². The Bertz CT molecular complexity index is 457. The molecule has 2 heterocycles. The Hall–Kier alpha value is -1.40. The average molecular weight is 279 g/mol. The van der Waals surface area contributed by atoms with Crippen LogP contribution in [0.2, 0.25) is 0 Å². The van der Waals surface area contributed by atoms with Crippen LogP contribution in [0.25, 0.3) is 0 Å². The lowest BCUT2D eigenvalue weighted by Gasteiger charge is -2.24. The Morgan fingerprint density at radius 1 is 1.35 bits per heavy atom. The van der Waals surface area contributed by atoms with Crippen LogP contribution in [0.1, 0.15) is 44.5 Å². The van der Waals surface area contributed by atoms with Gasteiger partial charge in [0.25, 0.3) is 0 Å². The molecule has 1 aliphatic rings. The van der Waals surface area contributed by atoms with E-state index in [1.165, 1.54) is 0 Å². The summed E-state index contributed by atoms with van der Waals surface area (Å²) in [6.45, 7) is 7.81. The highest BCUT2D eigenvalue weighted by atomic mass is 16.5. The second-order valence-corrected chi connectivity index (χ2v) is 5.61. The molecule has 1 fully saturated rings. The molecule has 1 atom stereocenters. The van der Waals surface area contributed by atoms with Crippen molar-refractivity contribution in [3.8, 4) is 0 Å². The summed E-state index contributed by atoms with van der Waals surface area (Å²) in [5.74, 6) is 7.87. The van der Waals surface area contributed by atoms with Crippen LogP contribution in [0.15, 0.2) is 0 Å². The van der Waals surface area contributed by atoms with Crippen molar-refractivity contribution in [3.63, 3.8) is 0 Å². The van der Waals surface area contributed by atoms with Crippen molar-refractivity contribution in [1.82, 2.24) is 9.97 Å². The summed E-state index contributed by atoms with van der Waals surface area (Å²) in [5.41, 5.74) is 3.49. The van der Waals surface area contributed by atoms with Gasteiger partial charge >= 0.3 is 0 Å². The summed E-state index contributed by atoms with van der Waals surface area (Å²) in [4.78, 5) is 9.01. The van der Waals surface area contributed by atoms with Crippen molar-refractivity contribution in [2.45, 2.75) is 52.1 Å². The second kappa shape index (κ2) is 6.37. The van der Waals surface area contributed by atoms with Crippen molar-refractivity contribution in [1.29, 1.82) is 0 Å². The van der Waals surface area contributed by atoms with Gasteiger partial charge in [-0.15, -0.1) is 0 Å². The van der Waals surface area contributed by atoms with E-state index < -0.39 is 0 Å². The second-order valence-electron chi connectivity index (χ2n) is 5.61. The van der Waals surface area contributed by atoms with Crippen LogP contribution in [0.4, 0.5) is 11.6 Å². The Balaban J connectivity index is 2.14. The summed E-state index contributed by atoms with van der Waals surface area (Å²) < 4.78 is 5.79. The van der Waals surface area contributed by atoms with Gasteiger partial charge in [-0.25, -0.2) is 15.8 Å². The monoisotopic (exact) mass is 279 g/mol. The van der Waals surface area contributed by atoms with Crippen LogP contribution in [-0.2, 0) is 11.2 Å². The zero-order valence-corrected chi connectivity index (χ0v) is 12.6. The van der Waals surface area contributed by atoms with Crippen molar-refractivity contribution in [2.24, 2.45) is 5.84 Å². The van der Waals surface area contributed by atoms with Gasteiger partial charge in [-0.05, 0) is 33.1 Å². The van der Waals surface area contributed by atoms with Gasteiger partial charge in [-0.2, -0.15) is 0 Å². The van der Waals surface area contributed by atoms with Crippen LogP contribution in [-0.4, -0.2) is 28.7 Å². The maximum Gasteiger partial charge on any atom is 0.148 e. The molecule has 6 nitrogen and oxygen atoms in total. The van der Waals surface area contributed by atoms with Crippen molar-refractivity contribution in [2.75, 3.05) is 23.9 Å². The summed E-state index contributed by atoms with van der Waals surface area (Å²) in [5, 5.41) is 3.40. The van der Waals surface area contributed by atoms with Crippen LogP contribution in [0.3, 0.4) is 0 Å². The van der Waals surface area contributed by atoms with Crippen LogP contribution < -0.4 is 16.6 Å². The van der Waals surface area contributed by atoms with Gasteiger partial charge in [0.2, 0.25) is 0 Å². The normalized spacial score (nSPS) is 22.0. The highest BCUT2D eigenvalue weighted by molar-refractivity contribution is 5.56. The number of nitrogens with zero attached hydrogens (tertiary/aromatic N) is 2. The van der Waals surface area contributed by atoms with Gasteiger partial charge in [-0.1, -0.05) is 6.92 Å². The quantitative estimate of drug-likeness (QED) is 0.545. The van der Waals surface area contributed by atoms with Crippen LogP contribution >= 0.6 is 0 Å². The predicted octanol–water partition coefficient (Wildman–Crippen LogP) is 2.00. The number of rotatable bonds is 6. The molecule has 0 aliphatic carbocycles. The maximum absolute atomic E-state index is 5.79. The fourth-order valence-electron chi connectivity index (χ4n) is 2.46. The van der Waals surface area contributed by atoms with E-state index in [1.807, 2.05) is 6.92 Å². The Morgan fingerprint density at radius 3 is 2.70 bits per heavy atom. The number of aryl methyl sites for hydroxylation is 1. The molecular formula is C14H25N5O. The fourth-order valence-corrected chi connectivity index (χ4v) is 2.46. The third-order valence-electron chi connectivity index (χ3n) is 3.73. The van der Waals surface area contributed by atoms with E-state index in [1.54, 1.807) is 0 Å². The molecule has 0 spiro atoms. The summed E-state index contributed by atoms with van der Waals surface area (Å²) in [7, 11) is 0. The van der Waals surface area contributed by atoms with E-state index in [4.69, 9.17) is 10.6 Å². The SMILES string of the molecule is CCCc1nc(NN)c(C)c(NCC2(C)CCCO2)n1. The molecule has 1 saturated heterocycles. The molecule has 20 heavy (non-hydrogen) atoms. The lowest BCUT2D eigenvalue weighted by atomic mass is 10.0. The number of nitrogens with one attached hydrogen (secondary N) is 2. The first kappa shape index (κ1) is 15.0. The molecule has 6 heteroatoms. The minimum Gasteiger partial charge on any atom is -0.373 e. The molecule has 1 unspecified atom stereocenters. The largest absolute Gasteiger partial charge is 0.373 e. The molecule has 1 aliphatic heterocycles. The number of anilines is 2. The predicted molar refractivity (Wildman–Crippen MR) is 80.7 cm³/mol. The van der Waals surface area contributed by atoms with Crippen LogP contribution in [0, 0.1) is 6.92 Å². The summed E-state index contributed by atoms with van der Waals surface area (Å²) in [6.07, 6.45) is 4.05. The first-order chi connectivity index (χ1) is 9.58. The van der Waals surface area contributed by atoms with Crippen LogP contribution in [0.5, 0.6) is 0 Å². The smallest absolute Gasteiger partial charge is 0.148 e. The van der Waals surface area contributed by atoms with Gasteiger partial charge in [0.05, 0.1) is 5.60 Å². The highest BCUT2D eigenvalue weighted by Crippen LogP contribution is 2.26. The molecule has 0 bridgehead atoms. The minimum absolute atomic E-state index is 0.0986. The molecular weight excluding hydrogens is 254 g/mol. The van der Waals surface area contributed by atoms with Gasteiger partial charge in [-0.3, -0.25) is 0 Å². The number of ether oxygens (including phenoxy) is 1. The third kappa shape index (κ3) is 3.37. The molecule has 0 saturated carbocycles. The Morgan fingerprint density at radius 2 is 2.10 bits per heavy atom. The third-order valence-corrected chi connectivity index (χ3v) is 3.73. The number of hydrogen-bond donors (Lipinski definition) is 3. The van der Waals surface area contributed by atoms with Crippen molar-refractivity contribution in [3.05, 3.63) is 11.4 Å². The average Bonchev–Trinajstić information content (AvgIpc) is 2.86. The maximum atomic E-state index is 5.79. The summed E-state index contributed by atoms with van der Waals surface area (Å²) in [6, 6.07) is 0. The Labute approximate surface area is 120 Å². The topological polar surface area (TPSA) is 85.1 Å². The van der Waals surface area contributed by atoms with E-state index in [0.29, 0.717) is 5.82 Å². The number of nitrogen functional groups attached to an aromatic ring is 1. The number of nitrogens with two attached hydrogens (primary N) is 1. The molecule has 0 aromatic carbocycles. The standard InChI is InChI=1S/C14H25N5O/c1-4-6-11-17-12(10(2)13(18-11)19-15)16-9-14(3)7-5-8-20-14/h4-9,15H2,1-3H3,(H2,16,17,18,19). The lowest BCUT2D eigenvalue weighted by molar-refractivity contribution is 0.0314. The van der Waals surface area contributed by atoms with E-state index in [0.717, 1.165) is 56.0 Å². The molecule has 4 N–H and O–H groups in total. The van der Waals surface area contributed by atoms with Crippen molar-refractivity contribution >= 4 is 11.6 Å². The minimum atomic E-state index is -0.0986. The molecule has 1 aromatic heterocycles. The molecule has 0 amide bonds. The van der Waals surface area contributed by atoms with Gasteiger partial charge in [0.15, 0.2) is 0 Å². The lowest BCUT2D eigenvalue weighted by Crippen LogP contribution is -2.33.